The molecule has 0 saturated heterocycles. The molecule has 4 N–H and O–H groups in total. The Hall–Kier alpha value is -2.01. The molecule has 2 aromatic carbocycles. The Kier molecular flexibility index (Phi) is 2.23. The van der Waals surface area contributed by atoms with Gasteiger partial charge in [0.25, 0.3) is 0 Å². The van der Waals surface area contributed by atoms with Crippen molar-refractivity contribution >= 4 is 16.5 Å². The Labute approximate surface area is 107 Å². The largest absolute Gasteiger partial charge is 0.414 e. The van der Waals surface area contributed by atoms with Gasteiger partial charge in [-0.3, -0.25) is 0 Å². The fourth-order valence-corrected chi connectivity index (χ4v) is 2.56. The highest BCUT2D eigenvalue weighted by atomic mass is 19.4. The summed E-state index contributed by atoms with van der Waals surface area (Å²) in [5.41, 5.74) is 9.54. The smallest absolute Gasteiger partial charge is 0.398 e. The van der Waals surface area contributed by atoms with Crippen molar-refractivity contribution in [2.75, 3.05) is 0 Å². The zero-order chi connectivity index (χ0) is 13.8. The fourth-order valence-electron chi connectivity index (χ4n) is 2.56. The molecule has 5 heteroatoms. The van der Waals surface area contributed by atoms with E-state index in [0.717, 1.165) is 6.08 Å². The third-order valence-electron chi connectivity index (χ3n) is 3.51. The van der Waals surface area contributed by atoms with E-state index in [4.69, 9.17) is 11.5 Å². The molecule has 0 spiro atoms. The van der Waals surface area contributed by atoms with Gasteiger partial charge in [-0.15, -0.1) is 0 Å². The first kappa shape index (κ1) is 12.0. The van der Waals surface area contributed by atoms with Crippen LogP contribution in [0.25, 0.3) is 16.5 Å². The summed E-state index contributed by atoms with van der Waals surface area (Å²) in [6.07, 6.45) is -3.70. The summed E-state index contributed by atoms with van der Waals surface area (Å²) in [6, 6.07) is 9.94. The normalized spacial score (nSPS) is 22.4. The van der Waals surface area contributed by atoms with E-state index >= 15 is 0 Å². The predicted octanol–water partition coefficient (Wildman–Crippen LogP) is 2.87. The van der Waals surface area contributed by atoms with Crippen LogP contribution < -0.4 is 11.5 Å². The fraction of sp³-hybridized carbons (Fsp3) is 0.143. The lowest BCUT2D eigenvalue weighted by molar-refractivity contribution is -0.174. The molecule has 0 saturated carbocycles. The zero-order valence-corrected chi connectivity index (χ0v) is 9.83. The lowest BCUT2D eigenvalue weighted by atomic mass is 9.79. The van der Waals surface area contributed by atoms with Crippen molar-refractivity contribution < 1.29 is 13.2 Å². The van der Waals surface area contributed by atoms with Gasteiger partial charge in [-0.2, -0.15) is 13.2 Å². The van der Waals surface area contributed by atoms with Crippen molar-refractivity contribution in [1.82, 2.24) is 0 Å². The first-order chi connectivity index (χ1) is 8.84. The average molecular weight is 264 g/mol. The molecule has 1 aliphatic rings. The van der Waals surface area contributed by atoms with Crippen LogP contribution in [0.4, 0.5) is 13.2 Å². The third-order valence-corrected chi connectivity index (χ3v) is 3.51. The van der Waals surface area contributed by atoms with E-state index in [1.165, 1.54) is 6.07 Å². The molecule has 0 bridgehead atoms. The van der Waals surface area contributed by atoms with Gasteiger partial charge in [0.15, 0.2) is 5.54 Å². The number of hydrogen-bond acceptors (Lipinski definition) is 2. The molecule has 1 aliphatic carbocycles. The van der Waals surface area contributed by atoms with Crippen molar-refractivity contribution in [3.63, 3.8) is 0 Å². The minimum Gasteiger partial charge on any atom is -0.398 e. The van der Waals surface area contributed by atoms with E-state index in [2.05, 4.69) is 0 Å². The second-order valence-corrected chi connectivity index (χ2v) is 4.68. The number of hydrogen-bond donors (Lipinski definition) is 2. The van der Waals surface area contributed by atoms with Gasteiger partial charge < -0.3 is 11.5 Å². The number of nitrogens with two attached hydrogens (primary N) is 2. The Morgan fingerprint density at radius 1 is 1.00 bits per heavy atom. The zero-order valence-electron chi connectivity index (χ0n) is 9.83. The van der Waals surface area contributed by atoms with Crippen LogP contribution in [0.15, 0.2) is 42.5 Å². The number of alkyl halides is 3. The number of halogens is 3. The molecule has 2 aromatic rings. The molecule has 98 valence electrons. The standard InChI is InChI=1S/C14H11F3N2/c15-14(16,17)13(19)7-11(18)9-5-1-3-8-4-2-6-10(13)12(8)9/h1-7H,18-19H2. The summed E-state index contributed by atoms with van der Waals surface area (Å²) in [7, 11) is 0. The van der Waals surface area contributed by atoms with E-state index in [-0.39, 0.29) is 11.3 Å². The maximum absolute atomic E-state index is 13.3. The van der Waals surface area contributed by atoms with E-state index in [1.807, 2.05) is 0 Å². The van der Waals surface area contributed by atoms with Crippen LogP contribution >= 0.6 is 0 Å². The molecule has 0 aliphatic heterocycles. The van der Waals surface area contributed by atoms with E-state index < -0.39 is 11.7 Å². The number of benzene rings is 2. The minimum atomic E-state index is -4.60. The van der Waals surface area contributed by atoms with Crippen LogP contribution in [0.2, 0.25) is 0 Å². The van der Waals surface area contributed by atoms with Crippen molar-refractivity contribution in [3.05, 3.63) is 53.6 Å². The molecule has 1 unspecified atom stereocenters. The van der Waals surface area contributed by atoms with Crippen LogP contribution in [0, 0.1) is 0 Å². The highest BCUT2D eigenvalue weighted by Crippen LogP contribution is 2.46. The van der Waals surface area contributed by atoms with E-state index in [0.29, 0.717) is 16.3 Å². The lowest BCUT2D eigenvalue weighted by Gasteiger charge is -2.34. The van der Waals surface area contributed by atoms with Crippen molar-refractivity contribution in [3.8, 4) is 0 Å². The van der Waals surface area contributed by atoms with Crippen LogP contribution in [0.3, 0.4) is 0 Å². The van der Waals surface area contributed by atoms with Gasteiger partial charge in [0.05, 0.1) is 0 Å². The SMILES string of the molecule is NC1=CC(N)(C(F)(F)F)c2cccc3cccc1c23. The molecule has 0 aromatic heterocycles. The first-order valence-electron chi connectivity index (χ1n) is 5.71. The Bertz CT molecular complexity index is 698. The first-order valence-corrected chi connectivity index (χ1v) is 5.71. The Balaban J connectivity index is 2.47. The van der Waals surface area contributed by atoms with E-state index in [9.17, 15) is 13.2 Å². The minimum absolute atomic E-state index is 0.0438. The summed E-state index contributed by atoms with van der Waals surface area (Å²) >= 11 is 0. The number of rotatable bonds is 0. The topological polar surface area (TPSA) is 52.0 Å². The third kappa shape index (κ3) is 1.48. The molecule has 19 heavy (non-hydrogen) atoms. The van der Waals surface area contributed by atoms with Crippen molar-refractivity contribution in [1.29, 1.82) is 0 Å². The molecule has 3 rings (SSSR count). The highest BCUT2D eigenvalue weighted by molar-refractivity contribution is 5.99. The maximum Gasteiger partial charge on any atom is 0.414 e. The Morgan fingerprint density at radius 3 is 2.26 bits per heavy atom. The molecular formula is C14H11F3N2. The van der Waals surface area contributed by atoms with Crippen LogP contribution in [-0.4, -0.2) is 6.18 Å². The van der Waals surface area contributed by atoms with Gasteiger partial charge in [0.1, 0.15) is 0 Å². The van der Waals surface area contributed by atoms with Crippen LogP contribution in [0.1, 0.15) is 11.1 Å². The summed E-state index contributed by atoms with van der Waals surface area (Å²) in [5, 5.41) is 1.18. The summed E-state index contributed by atoms with van der Waals surface area (Å²) in [4.78, 5) is 0. The molecular weight excluding hydrogens is 253 g/mol. The highest BCUT2D eigenvalue weighted by Gasteiger charge is 2.54. The van der Waals surface area contributed by atoms with Gasteiger partial charge in [0, 0.05) is 11.3 Å². The monoisotopic (exact) mass is 264 g/mol. The van der Waals surface area contributed by atoms with Gasteiger partial charge in [-0.25, -0.2) is 0 Å². The quantitative estimate of drug-likeness (QED) is 0.768. The summed E-state index contributed by atoms with van der Waals surface area (Å²) < 4.78 is 39.9. The average Bonchev–Trinajstić information content (AvgIpc) is 2.34. The molecule has 0 heterocycles. The van der Waals surface area contributed by atoms with Crippen LogP contribution in [0.5, 0.6) is 0 Å². The van der Waals surface area contributed by atoms with Crippen LogP contribution in [-0.2, 0) is 5.54 Å². The molecule has 0 amide bonds. The second-order valence-electron chi connectivity index (χ2n) is 4.68. The van der Waals surface area contributed by atoms with E-state index in [1.54, 1.807) is 30.3 Å². The molecule has 0 radical (unpaired) electrons. The second kappa shape index (κ2) is 3.51. The van der Waals surface area contributed by atoms with Gasteiger partial charge in [-0.1, -0.05) is 36.4 Å². The van der Waals surface area contributed by atoms with Crippen molar-refractivity contribution in [2.24, 2.45) is 11.5 Å². The summed E-state index contributed by atoms with van der Waals surface area (Å²) in [6.45, 7) is 0. The summed E-state index contributed by atoms with van der Waals surface area (Å²) in [5.74, 6) is 0. The molecule has 0 fully saturated rings. The maximum atomic E-state index is 13.3. The van der Waals surface area contributed by atoms with Gasteiger partial charge in [0.2, 0.25) is 0 Å². The predicted molar refractivity (Wildman–Crippen MR) is 68.0 cm³/mol. The molecule has 2 nitrogen and oxygen atoms in total. The Morgan fingerprint density at radius 2 is 1.63 bits per heavy atom. The van der Waals surface area contributed by atoms with Gasteiger partial charge in [-0.05, 0) is 22.4 Å². The van der Waals surface area contributed by atoms with Gasteiger partial charge >= 0.3 is 6.18 Å². The molecule has 1 atom stereocenters. The van der Waals surface area contributed by atoms with Crippen molar-refractivity contribution in [2.45, 2.75) is 11.7 Å². The lowest BCUT2D eigenvalue weighted by Crippen LogP contribution is -2.50.